The molecule has 0 aromatic carbocycles. The van der Waals surface area contributed by atoms with E-state index >= 15 is 0 Å². The van der Waals surface area contributed by atoms with Crippen LogP contribution in [0, 0.1) is 11.3 Å². The van der Waals surface area contributed by atoms with Crippen molar-refractivity contribution in [2.24, 2.45) is 11.3 Å². The first-order chi connectivity index (χ1) is 5.52. The molecule has 1 unspecified atom stereocenters. The first-order valence-electron chi connectivity index (χ1n) is 5.18. The first kappa shape index (κ1) is 11.7. The van der Waals surface area contributed by atoms with E-state index in [-0.39, 0.29) is 0 Å². The molecule has 72 valence electrons. The monoisotopic (exact) mass is 168 g/mol. The molecule has 0 bridgehead atoms. The van der Waals surface area contributed by atoms with Crippen LogP contribution in [0.5, 0.6) is 0 Å². The van der Waals surface area contributed by atoms with Gasteiger partial charge in [-0.25, -0.2) is 0 Å². The smallest absolute Gasteiger partial charge is 0.0257 e. The molecular formula is C12H24. The Morgan fingerprint density at radius 1 is 1.33 bits per heavy atom. The average Bonchev–Trinajstić information content (AvgIpc) is 1.85. The van der Waals surface area contributed by atoms with Crippen molar-refractivity contribution in [3.63, 3.8) is 0 Å². The van der Waals surface area contributed by atoms with E-state index in [1.54, 1.807) is 0 Å². The largest absolute Gasteiger partial charge is 0.0877 e. The second-order valence-corrected chi connectivity index (χ2v) is 4.69. The zero-order chi connectivity index (χ0) is 9.61. The summed E-state index contributed by atoms with van der Waals surface area (Å²) in [6.45, 7) is 11.2. The Balaban J connectivity index is 0.000000354. The topological polar surface area (TPSA) is 0 Å². The molecule has 1 atom stereocenters. The Morgan fingerprint density at radius 2 is 1.83 bits per heavy atom. The maximum atomic E-state index is 2.34. The SMILES string of the molecule is CC1C=CCC(C)(C)C1.CCC. The van der Waals surface area contributed by atoms with Crippen molar-refractivity contribution in [3.8, 4) is 0 Å². The normalized spacial score (nSPS) is 25.9. The van der Waals surface area contributed by atoms with Crippen LogP contribution >= 0.6 is 0 Å². The van der Waals surface area contributed by atoms with Crippen molar-refractivity contribution in [1.29, 1.82) is 0 Å². The van der Waals surface area contributed by atoms with Crippen LogP contribution in [0.3, 0.4) is 0 Å². The maximum absolute atomic E-state index is 2.34. The van der Waals surface area contributed by atoms with Gasteiger partial charge in [0.05, 0.1) is 0 Å². The molecule has 0 heterocycles. The number of allylic oxidation sites excluding steroid dienone is 2. The van der Waals surface area contributed by atoms with Crippen LogP contribution in [0.25, 0.3) is 0 Å². The minimum atomic E-state index is 0.564. The Morgan fingerprint density at radius 3 is 2.08 bits per heavy atom. The molecule has 0 N–H and O–H groups in total. The van der Waals surface area contributed by atoms with Crippen molar-refractivity contribution in [2.45, 2.75) is 53.9 Å². The van der Waals surface area contributed by atoms with Crippen molar-refractivity contribution in [3.05, 3.63) is 12.2 Å². The molecule has 0 saturated heterocycles. The number of hydrogen-bond donors (Lipinski definition) is 0. The lowest BCUT2D eigenvalue weighted by atomic mass is 9.77. The third kappa shape index (κ3) is 5.40. The number of rotatable bonds is 0. The van der Waals surface area contributed by atoms with Crippen LogP contribution in [-0.4, -0.2) is 0 Å². The van der Waals surface area contributed by atoms with Gasteiger partial charge in [-0.05, 0) is 24.2 Å². The van der Waals surface area contributed by atoms with Crippen LogP contribution < -0.4 is 0 Å². The minimum Gasteiger partial charge on any atom is -0.0877 e. The molecule has 0 heteroatoms. The van der Waals surface area contributed by atoms with Gasteiger partial charge in [-0.2, -0.15) is 0 Å². The molecule has 0 nitrogen and oxygen atoms in total. The van der Waals surface area contributed by atoms with Gasteiger partial charge < -0.3 is 0 Å². The average molecular weight is 168 g/mol. The molecule has 12 heavy (non-hydrogen) atoms. The highest BCUT2D eigenvalue weighted by molar-refractivity contribution is 4.97. The van der Waals surface area contributed by atoms with E-state index in [2.05, 4.69) is 46.8 Å². The van der Waals surface area contributed by atoms with E-state index in [4.69, 9.17) is 0 Å². The lowest BCUT2D eigenvalue weighted by Crippen LogP contribution is -2.16. The molecule has 0 spiro atoms. The summed E-state index contributed by atoms with van der Waals surface area (Å²) in [5.74, 6) is 0.800. The van der Waals surface area contributed by atoms with Crippen molar-refractivity contribution >= 4 is 0 Å². The summed E-state index contributed by atoms with van der Waals surface area (Å²) in [4.78, 5) is 0. The quantitative estimate of drug-likeness (QED) is 0.470. The van der Waals surface area contributed by atoms with Gasteiger partial charge in [0.15, 0.2) is 0 Å². The fourth-order valence-corrected chi connectivity index (χ4v) is 1.64. The van der Waals surface area contributed by atoms with Crippen molar-refractivity contribution < 1.29 is 0 Å². The summed E-state index contributed by atoms with van der Waals surface area (Å²) in [5.41, 5.74) is 0.564. The molecule has 1 rings (SSSR count). The fraction of sp³-hybridized carbons (Fsp3) is 0.833. The van der Waals surface area contributed by atoms with Gasteiger partial charge in [-0.3, -0.25) is 0 Å². The molecule has 0 radical (unpaired) electrons. The van der Waals surface area contributed by atoms with Gasteiger partial charge >= 0.3 is 0 Å². The number of hydrogen-bond acceptors (Lipinski definition) is 0. The molecule has 1 aliphatic carbocycles. The van der Waals surface area contributed by atoms with Crippen LogP contribution in [0.2, 0.25) is 0 Å². The van der Waals surface area contributed by atoms with Gasteiger partial charge in [-0.15, -0.1) is 0 Å². The van der Waals surface area contributed by atoms with Gasteiger partial charge in [0.1, 0.15) is 0 Å². The van der Waals surface area contributed by atoms with E-state index in [0.717, 1.165) is 5.92 Å². The second-order valence-electron chi connectivity index (χ2n) is 4.69. The van der Waals surface area contributed by atoms with E-state index < -0.39 is 0 Å². The summed E-state index contributed by atoms with van der Waals surface area (Å²) < 4.78 is 0. The van der Waals surface area contributed by atoms with Crippen LogP contribution in [0.4, 0.5) is 0 Å². The van der Waals surface area contributed by atoms with Crippen LogP contribution in [0.1, 0.15) is 53.9 Å². The lowest BCUT2D eigenvalue weighted by molar-refractivity contribution is 0.289. The molecular weight excluding hydrogens is 144 g/mol. The Hall–Kier alpha value is -0.260. The molecule has 0 saturated carbocycles. The minimum absolute atomic E-state index is 0.564. The van der Waals surface area contributed by atoms with Crippen molar-refractivity contribution in [2.75, 3.05) is 0 Å². The molecule has 1 aliphatic rings. The summed E-state index contributed by atoms with van der Waals surface area (Å²) in [6, 6.07) is 0. The predicted molar refractivity (Wildman–Crippen MR) is 57.3 cm³/mol. The highest BCUT2D eigenvalue weighted by Gasteiger charge is 2.21. The van der Waals surface area contributed by atoms with E-state index in [9.17, 15) is 0 Å². The zero-order valence-corrected chi connectivity index (χ0v) is 9.35. The summed E-state index contributed by atoms with van der Waals surface area (Å²) in [7, 11) is 0. The van der Waals surface area contributed by atoms with Gasteiger partial charge in [-0.1, -0.05) is 53.2 Å². The summed E-state index contributed by atoms with van der Waals surface area (Å²) >= 11 is 0. The second kappa shape index (κ2) is 5.40. The Bertz CT molecular complexity index is 131. The van der Waals surface area contributed by atoms with Gasteiger partial charge in [0, 0.05) is 0 Å². The molecule has 0 fully saturated rings. The Kier molecular flexibility index (Phi) is 5.28. The van der Waals surface area contributed by atoms with E-state index in [1.807, 2.05) is 0 Å². The fourth-order valence-electron chi connectivity index (χ4n) is 1.64. The van der Waals surface area contributed by atoms with Gasteiger partial charge in [0.25, 0.3) is 0 Å². The molecule has 0 aromatic heterocycles. The highest BCUT2D eigenvalue weighted by Crippen LogP contribution is 2.33. The zero-order valence-electron chi connectivity index (χ0n) is 9.35. The van der Waals surface area contributed by atoms with Crippen LogP contribution in [-0.2, 0) is 0 Å². The van der Waals surface area contributed by atoms with E-state index in [0.29, 0.717) is 5.41 Å². The highest BCUT2D eigenvalue weighted by atomic mass is 14.3. The predicted octanol–water partition coefficient (Wildman–Crippen LogP) is 4.42. The summed E-state index contributed by atoms with van der Waals surface area (Å²) in [5, 5.41) is 0. The standard InChI is InChI=1S/C9H16.C3H8/c1-8-5-4-6-9(2,3)7-8;1-3-2/h4-5,8H,6-7H2,1-3H3;3H2,1-2H3. The van der Waals surface area contributed by atoms with Crippen molar-refractivity contribution in [1.82, 2.24) is 0 Å². The molecule has 0 aromatic rings. The molecule has 0 amide bonds. The van der Waals surface area contributed by atoms with Gasteiger partial charge in [0.2, 0.25) is 0 Å². The Labute approximate surface area is 78.1 Å². The summed E-state index contributed by atoms with van der Waals surface area (Å²) in [6.07, 6.45) is 8.50. The lowest BCUT2D eigenvalue weighted by Gasteiger charge is -2.29. The maximum Gasteiger partial charge on any atom is -0.0257 e. The van der Waals surface area contributed by atoms with E-state index in [1.165, 1.54) is 19.3 Å². The first-order valence-corrected chi connectivity index (χ1v) is 5.18. The van der Waals surface area contributed by atoms with Crippen LogP contribution in [0.15, 0.2) is 12.2 Å². The third-order valence-corrected chi connectivity index (χ3v) is 2.01. The molecule has 0 aliphatic heterocycles. The third-order valence-electron chi connectivity index (χ3n) is 2.01.